The molecule has 4 rings (SSSR count). The van der Waals surface area contributed by atoms with Crippen molar-refractivity contribution in [2.24, 2.45) is 7.05 Å². The molecule has 0 atom stereocenters. The number of nitrogens with zero attached hydrogens (tertiary/aromatic N) is 3. The van der Waals surface area contributed by atoms with E-state index in [9.17, 15) is 22.4 Å². The molecule has 0 spiro atoms. The van der Waals surface area contributed by atoms with Crippen LogP contribution in [-0.2, 0) is 13.2 Å². The van der Waals surface area contributed by atoms with Crippen molar-refractivity contribution in [1.82, 2.24) is 19.9 Å². The number of hydrogen-bond donors (Lipinski definition) is 2. The molecule has 0 saturated heterocycles. The van der Waals surface area contributed by atoms with Crippen LogP contribution in [0.25, 0.3) is 21.3 Å². The topological polar surface area (TPSA) is 71.8 Å². The molecule has 156 valence electrons. The van der Waals surface area contributed by atoms with Gasteiger partial charge < -0.3 is 15.2 Å². The third-order valence-electron chi connectivity index (χ3n) is 4.46. The first kappa shape index (κ1) is 20.1. The molecule has 2 heterocycles. The predicted molar refractivity (Wildman–Crippen MR) is 107 cm³/mol. The van der Waals surface area contributed by atoms with E-state index in [1.165, 1.54) is 6.07 Å². The minimum atomic E-state index is -4.42. The first-order valence-electron chi connectivity index (χ1n) is 8.82. The van der Waals surface area contributed by atoms with Gasteiger partial charge in [-0.2, -0.15) is 13.2 Å². The zero-order valence-corrected chi connectivity index (χ0v) is 16.4. The van der Waals surface area contributed by atoms with E-state index >= 15 is 0 Å². The Morgan fingerprint density at radius 1 is 1.13 bits per heavy atom. The average molecular weight is 437 g/mol. The number of anilines is 2. The van der Waals surface area contributed by atoms with E-state index < -0.39 is 24.3 Å². The Hall–Kier alpha value is -3.21. The number of benzene rings is 2. The van der Waals surface area contributed by atoms with E-state index in [0.717, 1.165) is 29.0 Å². The molecule has 0 radical (unpaired) electrons. The van der Waals surface area contributed by atoms with Crippen LogP contribution in [-0.4, -0.2) is 33.7 Å². The summed E-state index contributed by atoms with van der Waals surface area (Å²) in [6.07, 6.45) is -4.42. The molecule has 11 heteroatoms. The number of aryl methyl sites for hydroxylation is 1. The zero-order valence-electron chi connectivity index (χ0n) is 15.5. The Kier molecular flexibility index (Phi) is 5.06. The van der Waals surface area contributed by atoms with Crippen LogP contribution < -0.4 is 10.6 Å². The molecule has 0 aliphatic rings. The van der Waals surface area contributed by atoms with Gasteiger partial charge in [0.15, 0.2) is 5.13 Å². The monoisotopic (exact) mass is 437 g/mol. The van der Waals surface area contributed by atoms with Crippen molar-refractivity contribution >= 4 is 49.6 Å². The molecule has 30 heavy (non-hydrogen) atoms. The Morgan fingerprint density at radius 3 is 2.67 bits per heavy atom. The van der Waals surface area contributed by atoms with Crippen LogP contribution in [0, 0.1) is 0 Å². The lowest BCUT2D eigenvalue weighted by Gasteiger charge is -2.04. The molecule has 0 aliphatic carbocycles. The van der Waals surface area contributed by atoms with Crippen molar-refractivity contribution < 1.29 is 22.4 Å². The van der Waals surface area contributed by atoms with Gasteiger partial charge in [0.2, 0.25) is 5.95 Å². The molecule has 0 bridgehead atoms. The van der Waals surface area contributed by atoms with Gasteiger partial charge >= 0.3 is 6.18 Å². The predicted octanol–water partition coefficient (Wildman–Crippen LogP) is 4.64. The number of carbonyl (C=O) groups is 1. The quantitative estimate of drug-likeness (QED) is 0.446. The Labute approximate surface area is 171 Å². The summed E-state index contributed by atoms with van der Waals surface area (Å²) in [6.45, 7) is -0.724. The van der Waals surface area contributed by atoms with Gasteiger partial charge in [-0.15, -0.1) is 0 Å². The van der Waals surface area contributed by atoms with Crippen molar-refractivity contribution in [2.75, 3.05) is 18.5 Å². The molecule has 0 unspecified atom stereocenters. The number of carbonyl (C=O) groups excluding carboxylic acids is 1. The fourth-order valence-corrected chi connectivity index (χ4v) is 3.86. The van der Waals surface area contributed by atoms with Crippen LogP contribution in [0.15, 0.2) is 36.4 Å². The summed E-state index contributed by atoms with van der Waals surface area (Å²) in [7, 11) is 1.76. The second kappa shape index (κ2) is 7.56. The second-order valence-corrected chi connectivity index (χ2v) is 7.50. The smallest absolute Gasteiger partial charge is 0.349 e. The number of alkyl halides is 4. The number of amides is 1. The van der Waals surface area contributed by atoms with Gasteiger partial charge in [-0.3, -0.25) is 4.79 Å². The number of aromatic nitrogens is 3. The highest BCUT2D eigenvalue weighted by atomic mass is 32.1. The standard InChI is InChI=1S/C19H15F4N5OS/c1-28-14-5-2-10(16(29)24-7-6-20)8-13(14)25-17(28)27-18-26-12-4-3-11(19(21,22)23)9-15(12)30-18/h2-5,8-9H,6-7H2,1H3,(H,24,29)(H,25,26,27). The molecule has 0 aliphatic heterocycles. The second-order valence-electron chi connectivity index (χ2n) is 6.47. The van der Waals surface area contributed by atoms with Crippen LogP contribution in [0.1, 0.15) is 15.9 Å². The zero-order chi connectivity index (χ0) is 21.5. The van der Waals surface area contributed by atoms with E-state index in [2.05, 4.69) is 20.6 Å². The number of rotatable bonds is 5. The first-order chi connectivity index (χ1) is 14.3. The highest BCUT2D eigenvalue weighted by Crippen LogP contribution is 2.35. The number of halogens is 4. The van der Waals surface area contributed by atoms with Gasteiger partial charge in [0.25, 0.3) is 5.91 Å². The lowest BCUT2D eigenvalue weighted by atomic mass is 10.2. The number of thiazole rings is 1. The van der Waals surface area contributed by atoms with Crippen LogP contribution in [0.3, 0.4) is 0 Å². The number of imidazole rings is 1. The molecule has 6 nitrogen and oxygen atoms in total. The molecule has 0 fully saturated rings. The summed E-state index contributed by atoms with van der Waals surface area (Å²) >= 11 is 1.08. The van der Waals surface area contributed by atoms with Crippen LogP contribution in [0.5, 0.6) is 0 Å². The van der Waals surface area contributed by atoms with Crippen molar-refractivity contribution in [1.29, 1.82) is 0 Å². The third kappa shape index (κ3) is 3.80. The Balaban J connectivity index is 1.63. The summed E-state index contributed by atoms with van der Waals surface area (Å²) in [5.74, 6) is 0.0165. The van der Waals surface area contributed by atoms with Crippen LogP contribution >= 0.6 is 11.3 Å². The molecule has 1 amide bonds. The van der Waals surface area contributed by atoms with Crippen molar-refractivity contribution in [2.45, 2.75) is 6.18 Å². The maximum atomic E-state index is 12.9. The summed E-state index contributed by atoms with van der Waals surface area (Å²) in [5.41, 5.74) is 1.33. The van der Waals surface area contributed by atoms with E-state index in [4.69, 9.17) is 0 Å². The minimum absolute atomic E-state index is 0.0699. The summed E-state index contributed by atoms with van der Waals surface area (Å²) < 4.78 is 53.1. The largest absolute Gasteiger partial charge is 0.416 e. The summed E-state index contributed by atoms with van der Waals surface area (Å²) in [4.78, 5) is 20.8. The van der Waals surface area contributed by atoms with Crippen LogP contribution in [0.2, 0.25) is 0 Å². The lowest BCUT2D eigenvalue weighted by Crippen LogP contribution is -2.25. The third-order valence-corrected chi connectivity index (χ3v) is 5.39. The molecule has 2 aromatic heterocycles. The summed E-state index contributed by atoms with van der Waals surface area (Å²) in [5, 5.41) is 5.86. The Bertz CT molecular complexity index is 1250. The normalized spacial score (nSPS) is 11.9. The van der Waals surface area contributed by atoms with E-state index in [0.29, 0.717) is 32.4 Å². The fraction of sp³-hybridized carbons (Fsp3) is 0.211. The fourth-order valence-electron chi connectivity index (χ4n) is 2.97. The van der Waals surface area contributed by atoms with Gasteiger partial charge in [-0.1, -0.05) is 11.3 Å². The van der Waals surface area contributed by atoms with Gasteiger partial charge in [0, 0.05) is 19.2 Å². The van der Waals surface area contributed by atoms with E-state index in [1.807, 2.05) is 0 Å². The molecule has 0 saturated carbocycles. The maximum Gasteiger partial charge on any atom is 0.416 e. The molecule has 2 N–H and O–H groups in total. The molecular formula is C19H15F4N5OS. The number of nitrogens with one attached hydrogen (secondary N) is 2. The highest BCUT2D eigenvalue weighted by molar-refractivity contribution is 7.22. The SMILES string of the molecule is Cn1c(Nc2nc3ccc(C(F)(F)F)cc3s2)nc2cc(C(=O)NCCF)ccc21. The molecule has 2 aromatic carbocycles. The Morgan fingerprint density at radius 2 is 1.93 bits per heavy atom. The van der Waals surface area contributed by atoms with Gasteiger partial charge in [0.05, 0.1) is 26.8 Å². The van der Waals surface area contributed by atoms with Gasteiger partial charge in [-0.25, -0.2) is 14.4 Å². The highest BCUT2D eigenvalue weighted by Gasteiger charge is 2.30. The van der Waals surface area contributed by atoms with E-state index in [1.54, 1.807) is 29.8 Å². The van der Waals surface area contributed by atoms with Crippen molar-refractivity contribution in [3.63, 3.8) is 0 Å². The molecule has 4 aromatic rings. The number of fused-ring (bicyclic) bond motifs is 2. The van der Waals surface area contributed by atoms with Crippen LogP contribution in [0.4, 0.5) is 28.6 Å². The van der Waals surface area contributed by atoms with Crippen molar-refractivity contribution in [3.05, 3.63) is 47.5 Å². The number of hydrogen-bond acceptors (Lipinski definition) is 5. The van der Waals surface area contributed by atoms with Crippen molar-refractivity contribution in [3.8, 4) is 0 Å². The minimum Gasteiger partial charge on any atom is -0.349 e. The average Bonchev–Trinajstić information content (AvgIpc) is 3.25. The van der Waals surface area contributed by atoms with Gasteiger partial charge in [-0.05, 0) is 36.4 Å². The van der Waals surface area contributed by atoms with Gasteiger partial charge in [0.1, 0.15) is 6.67 Å². The lowest BCUT2D eigenvalue weighted by molar-refractivity contribution is -0.137. The molecular weight excluding hydrogens is 422 g/mol. The maximum absolute atomic E-state index is 12.9. The first-order valence-corrected chi connectivity index (χ1v) is 9.63. The van der Waals surface area contributed by atoms with E-state index in [-0.39, 0.29) is 6.54 Å². The summed E-state index contributed by atoms with van der Waals surface area (Å²) in [6, 6.07) is 8.30.